The minimum atomic E-state index is -0.343. The molecule has 5 nitrogen and oxygen atoms in total. The summed E-state index contributed by atoms with van der Waals surface area (Å²) in [5.74, 6) is -0.501. The fourth-order valence-corrected chi connectivity index (χ4v) is 7.28. The Labute approximate surface area is 246 Å². The van der Waals surface area contributed by atoms with Gasteiger partial charge in [0.15, 0.2) is 17.3 Å². The normalized spacial score (nSPS) is 21.9. The van der Waals surface area contributed by atoms with Crippen molar-refractivity contribution in [3.8, 4) is 0 Å². The molecule has 7 rings (SSSR count). The minimum Gasteiger partial charge on any atom is -0.507 e. The molecule has 0 spiro atoms. The Morgan fingerprint density at radius 2 is 1.31 bits per heavy atom. The number of aliphatic hydroxyl groups is 1. The van der Waals surface area contributed by atoms with E-state index >= 15 is 0 Å². The number of hydrogen-bond acceptors (Lipinski definition) is 4. The van der Waals surface area contributed by atoms with Crippen molar-refractivity contribution in [2.24, 2.45) is 0 Å². The molecule has 3 aromatic rings. The standard InChI is InChI=1S/C37H32N2O3/c1-36(2)25-15-9-11-17-27(25)38(5)29(36)19-23-31(32-34(41)21-13-7-8-14-22(21)35(32)42)24(33(23)40)20-30-37(3,4)26-16-10-12-18-28(26)39(30)6/h7-20H,1-6H3/p+1. The predicted octanol–water partition coefficient (Wildman–Crippen LogP) is 7.13. The highest BCUT2D eigenvalue weighted by Gasteiger charge is 2.47. The number of hydrogen-bond donors (Lipinski definition) is 1. The Morgan fingerprint density at radius 1 is 0.738 bits per heavy atom. The SMILES string of the molecule is CN1/C(=C/C2=C(O)C(=C/C3=[N+](C)c4ccccc4C3(C)C)/C2=C2C(=O)c3ccccc3C2=O)C(C)(C)c2ccccc21. The lowest BCUT2D eigenvalue weighted by atomic mass is 9.74. The first-order valence-electron chi connectivity index (χ1n) is 14.3. The van der Waals surface area contributed by atoms with Gasteiger partial charge in [0.1, 0.15) is 12.8 Å². The molecule has 0 unspecified atom stereocenters. The number of aliphatic hydroxyl groups excluding tert-OH is 1. The van der Waals surface area contributed by atoms with Crippen molar-refractivity contribution in [2.75, 3.05) is 19.0 Å². The fourth-order valence-electron chi connectivity index (χ4n) is 7.28. The summed E-state index contributed by atoms with van der Waals surface area (Å²) < 4.78 is 2.13. The van der Waals surface area contributed by atoms with Crippen molar-refractivity contribution in [2.45, 2.75) is 38.5 Å². The molecule has 5 heteroatoms. The third-order valence-electron chi connectivity index (χ3n) is 9.61. The number of carbonyl (C=O) groups is 2. The van der Waals surface area contributed by atoms with Crippen LogP contribution in [0.1, 0.15) is 59.5 Å². The van der Waals surface area contributed by atoms with Crippen LogP contribution in [0.15, 0.2) is 119 Å². The lowest BCUT2D eigenvalue weighted by Crippen LogP contribution is -2.29. The van der Waals surface area contributed by atoms with Crippen molar-refractivity contribution in [1.82, 2.24) is 0 Å². The molecule has 2 aliphatic carbocycles. The van der Waals surface area contributed by atoms with E-state index in [0.29, 0.717) is 27.8 Å². The van der Waals surface area contributed by atoms with Crippen molar-refractivity contribution in [3.63, 3.8) is 0 Å². The molecular weight excluding hydrogens is 520 g/mol. The molecule has 2 heterocycles. The second-order valence-electron chi connectivity index (χ2n) is 12.6. The molecule has 0 aromatic heterocycles. The van der Waals surface area contributed by atoms with E-state index in [4.69, 9.17) is 0 Å². The predicted molar refractivity (Wildman–Crippen MR) is 166 cm³/mol. The Morgan fingerprint density at radius 3 is 1.93 bits per heavy atom. The first-order chi connectivity index (χ1) is 20.0. The molecule has 0 radical (unpaired) electrons. The maximum atomic E-state index is 13.8. The van der Waals surface area contributed by atoms with Crippen molar-refractivity contribution >= 4 is 28.7 Å². The highest BCUT2D eigenvalue weighted by atomic mass is 16.3. The van der Waals surface area contributed by atoms with Crippen molar-refractivity contribution in [3.05, 3.63) is 141 Å². The maximum Gasteiger partial charge on any atom is 0.209 e. The van der Waals surface area contributed by atoms with Crippen LogP contribution in [-0.4, -0.2) is 41.1 Å². The summed E-state index contributed by atoms with van der Waals surface area (Å²) in [6.45, 7) is 8.63. The van der Waals surface area contributed by atoms with Crippen LogP contribution in [0.4, 0.5) is 11.4 Å². The van der Waals surface area contributed by atoms with Crippen molar-refractivity contribution in [1.29, 1.82) is 0 Å². The number of rotatable bonds is 2. The average molecular weight is 554 g/mol. The molecule has 0 amide bonds. The van der Waals surface area contributed by atoms with Gasteiger partial charge < -0.3 is 10.0 Å². The highest BCUT2D eigenvalue weighted by molar-refractivity contribution is 6.40. The van der Waals surface area contributed by atoms with Crippen LogP contribution in [0.3, 0.4) is 0 Å². The third-order valence-corrected chi connectivity index (χ3v) is 9.61. The van der Waals surface area contributed by atoms with Crippen LogP contribution >= 0.6 is 0 Å². The highest BCUT2D eigenvalue weighted by Crippen LogP contribution is 2.51. The summed E-state index contributed by atoms with van der Waals surface area (Å²) >= 11 is 0. The van der Waals surface area contributed by atoms with E-state index in [1.807, 2.05) is 50.5 Å². The van der Waals surface area contributed by atoms with Crippen LogP contribution in [-0.2, 0) is 10.8 Å². The van der Waals surface area contributed by atoms with Gasteiger partial charge in [-0.15, -0.1) is 0 Å². The first-order valence-corrected chi connectivity index (χ1v) is 14.3. The van der Waals surface area contributed by atoms with Crippen LogP contribution in [0.5, 0.6) is 0 Å². The largest absolute Gasteiger partial charge is 0.507 e. The second-order valence-corrected chi connectivity index (χ2v) is 12.6. The summed E-state index contributed by atoms with van der Waals surface area (Å²) in [5.41, 5.74) is 8.34. The van der Waals surface area contributed by atoms with Crippen LogP contribution in [0, 0.1) is 0 Å². The number of allylic oxidation sites excluding steroid dienone is 6. The number of ketones is 2. The van der Waals surface area contributed by atoms with E-state index in [-0.39, 0.29) is 33.7 Å². The lowest BCUT2D eigenvalue weighted by Gasteiger charge is -2.30. The molecule has 2 aliphatic heterocycles. The van der Waals surface area contributed by atoms with Crippen LogP contribution < -0.4 is 4.90 Å². The quantitative estimate of drug-likeness (QED) is 0.208. The molecule has 0 bridgehead atoms. The molecule has 42 heavy (non-hydrogen) atoms. The summed E-state index contributed by atoms with van der Waals surface area (Å²) in [5, 5.41) is 11.7. The maximum absolute atomic E-state index is 13.8. The molecule has 1 N–H and O–H groups in total. The average Bonchev–Trinajstić information content (AvgIpc) is 3.43. The Hall–Kier alpha value is -4.77. The van der Waals surface area contributed by atoms with Gasteiger partial charge in [-0.1, -0.05) is 74.5 Å². The molecule has 0 saturated heterocycles. The monoisotopic (exact) mass is 553 g/mol. The number of para-hydroxylation sites is 2. The van der Waals surface area contributed by atoms with E-state index in [0.717, 1.165) is 22.8 Å². The first kappa shape index (κ1) is 26.1. The Bertz CT molecular complexity index is 1910. The molecule has 0 atom stereocenters. The number of Topliss-reactive ketones (excluding diaryl/α,β-unsaturated/α-hetero) is 2. The van der Waals surface area contributed by atoms with Gasteiger partial charge in [0.25, 0.3) is 0 Å². The fraction of sp³-hybridized carbons (Fsp3) is 0.216. The van der Waals surface area contributed by atoms with Crippen LogP contribution in [0.2, 0.25) is 0 Å². The zero-order valence-corrected chi connectivity index (χ0v) is 24.7. The molecule has 0 fully saturated rings. The number of nitrogens with zero attached hydrogens (tertiary/aromatic N) is 2. The third kappa shape index (κ3) is 3.28. The zero-order chi connectivity index (χ0) is 29.7. The zero-order valence-electron chi connectivity index (χ0n) is 24.7. The van der Waals surface area contributed by atoms with E-state index in [1.165, 1.54) is 11.1 Å². The second kappa shape index (κ2) is 8.62. The lowest BCUT2D eigenvalue weighted by molar-refractivity contribution is -0.401. The summed E-state index contributed by atoms with van der Waals surface area (Å²) in [6, 6.07) is 23.5. The van der Waals surface area contributed by atoms with Gasteiger partial charge in [-0.2, -0.15) is 4.58 Å². The number of anilines is 1. The van der Waals surface area contributed by atoms with E-state index in [2.05, 4.69) is 61.4 Å². The van der Waals surface area contributed by atoms with E-state index in [1.54, 1.807) is 24.3 Å². The van der Waals surface area contributed by atoms with Gasteiger partial charge in [0, 0.05) is 69.4 Å². The van der Waals surface area contributed by atoms with Gasteiger partial charge in [-0.05, 0) is 31.6 Å². The van der Waals surface area contributed by atoms with Gasteiger partial charge in [0.05, 0.1) is 11.0 Å². The summed E-state index contributed by atoms with van der Waals surface area (Å²) in [4.78, 5) is 29.7. The summed E-state index contributed by atoms with van der Waals surface area (Å²) in [6.07, 6.45) is 3.92. The smallest absolute Gasteiger partial charge is 0.209 e. The number of benzene rings is 3. The van der Waals surface area contributed by atoms with Crippen LogP contribution in [0.25, 0.3) is 0 Å². The molecule has 0 saturated carbocycles. The number of likely N-dealkylation sites (N-methyl/N-ethyl adjacent to an activating group) is 1. The minimum absolute atomic E-state index is 0.0920. The molecule has 3 aromatic carbocycles. The van der Waals surface area contributed by atoms with Crippen molar-refractivity contribution < 1.29 is 19.3 Å². The van der Waals surface area contributed by atoms with Gasteiger partial charge in [-0.25, -0.2) is 0 Å². The van der Waals surface area contributed by atoms with Gasteiger partial charge >= 0.3 is 0 Å². The number of carbonyl (C=O) groups excluding carboxylic acids is 2. The van der Waals surface area contributed by atoms with E-state index in [9.17, 15) is 14.7 Å². The van der Waals surface area contributed by atoms with E-state index < -0.39 is 0 Å². The van der Waals surface area contributed by atoms with Gasteiger partial charge in [-0.3, -0.25) is 9.59 Å². The Kier molecular flexibility index (Phi) is 5.37. The topological polar surface area (TPSA) is 60.6 Å². The summed E-state index contributed by atoms with van der Waals surface area (Å²) in [7, 11) is 4.04. The Balaban J connectivity index is 1.46. The molecule has 4 aliphatic rings. The van der Waals surface area contributed by atoms with Gasteiger partial charge in [0.2, 0.25) is 5.69 Å². The molecular formula is C37H33N2O3+. The number of fused-ring (bicyclic) bond motifs is 3. The molecule has 208 valence electrons.